The SMILES string of the molecule is O.O.O.O.O.O.O.O.O.O.O=[N+]([O-])[O-].O=[N+]([O-])[O-].O=[N+]([O-])[O-].O=[N+]([O-])[O-].O=[N+]([O-])[O-].O=[N+]([O-])[O-].O=[N+]([O-])[O-].O=[N+]([O-])[O-].O=[N+]([O-])[O-].O=[N+]([O-])[O-].O=[N+]([O-])[O-].[Ca+2].[Ca+2].[Ca+2].[Ca+2].[Ca+2].[K+]. The van der Waals surface area contributed by atoms with E-state index in [-0.39, 0.29) is 295 Å². The summed E-state index contributed by atoms with van der Waals surface area (Å²) in [6, 6.07) is 0. The van der Waals surface area contributed by atoms with Gasteiger partial charge in [-0.25, -0.2) is 0 Å². The molecule has 0 aromatic heterocycles. The van der Waals surface area contributed by atoms with E-state index < -0.39 is 56.0 Å². The topological polar surface area (TPSA) is 1040 Å². The van der Waals surface area contributed by atoms with Crippen LogP contribution in [0.3, 0.4) is 0 Å². The van der Waals surface area contributed by atoms with Crippen molar-refractivity contribution in [1.82, 2.24) is 0 Å². The smallest absolute Gasteiger partial charge is 0.412 e. The van der Waals surface area contributed by atoms with Crippen LogP contribution < -0.4 is 51.4 Å². The molecule has 344 valence electrons. The van der Waals surface area contributed by atoms with Gasteiger partial charge in [0.15, 0.2) is 0 Å². The molecule has 0 aromatic carbocycles. The fraction of sp³-hybridized carbons (Fsp3) is 0. The van der Waals surface area contributed by atoms with Gasteiger partial charge in [0, 0.05) is 0 Å². The van der Waals surface area contributed by atoms with E-state index in [9.17, 15) is 0 Å². The van der Waals surface area contributed by atoms with Gasteiger partial charge in [-0.1, -0.05) is 0 Å². The Bertz CT molecular complexity index is 553. The summed E-state index contributed by atoms with van der Waals surface area (Å²) < 4.78 is 0. The van der Waals surface area contributed by atoms with Crippen LogP contribution in [-0.2, 0) is 0 Å². The molecule has 0 radical (unpaired) electrons. The van der Waals surface area contributed by atoms with Gasteiger partial charge in [0.05, 0.1) is 56.0 Å². The van der Waals surface area contributed by atoms with Crippen LogP contribution in [0.25, 0.3) is 0 Å². The molecule has 0 heterocycles. The van der Waals surface area contributed by atoms with E-state index in [1.54, 1.807) is 0 Å². The van der Waals surface area contributed by atoms with Crippen LogP contribution in [0.2, 0.25) is 0 Å². The summed E-state index contributed by atoms with van der Waals surface area (Å²) in [6.45, 7) is 0. The maximum Gasteiger partial charge on any atom is 2.00 e. The second-order valence-electron chi connectivity index (χ2n) is 2.46. The summed E-state index contributed by atoms with van der Waals surface area (Å²) in [5.41, 5.74) is 0. The molecule has 0 aromatic rings. The summed E-state index contributed by atoms with van der Waals surface area (Å²) in [4.78, 5) is 90.8. The normalized spacial score (nSPS) is 4.40. The number of nitrogens with zero attached hydrogens (tertiary/aromatic N) is 11. The fourth-order valence-corrected chi connectivity index (χ4v) is 0. The van der Waals surface area contributed by atoms with Gasteiger partial charge in [0.2, 0.25) is 0 Å². The third-order valence-corrected chi connectivity index (χ3v) is 0. The number of hydrogen-bond acceptors (Lipinski definition) is 33. The first-order chi connectivity index (χ1) is 19.1. The Labute approximate surface area is 510 Å². The van der Waals surface area contributed by atoms with Crippen molar-refractivity contribution in [1.29, 1.82) is 0 Å². The summed E-state index contributed by atoms with van der Waals surface area (Å²) in [5, 5.41) is 162. The molecule has 0 saturated carbocycles. The average molecular weight is 1100 g/mol. The molecule has 0 fully saturated rings. The van der Waals surface area contributed by atoms with Crippen molar-refractivity contribution in [3.63, 3.8) is 0 Å². The first kappa shape index (κ1) is 194. The quantitative estimate of drug-likeness (QED) is 0.123. The zero-order valence-corrected chi connectivity index (χ0v) is 42.1. The van der Waals surface area contributed by atoms with E-state index in [2.05, 4.69) is 0 Å². The van der Waals surface area contributed by atoms with E-state index in [1.807, 2.05) is 0 Å². The average Bonchev–Trinajstić information content (AvgIpc) is 2.55. The van der Waals surface area contributed by atoms with Gasteiger partial charge in [-0.2, -0.15) is 0 Å². The largest absolute Gasteiger partial charge is 2.00 e. The zero-order chi connectivity index (χ0) is 39.4. The van der Waals surface area contributed by atoms with Crippen LogP contribution in [0.5, 0.6) is 0 Å². The molecule has 20 N–H and O–H groups in total. The molecule has 0 bridgehead atoms. The molecule has 0 aliphatic heterocycles. The van der Waals surface area contributed by atoms with E-state index in [4.69, 9.17) is 169 Å². The summed E-state index contributed by atoms with van der Waals surface area (Å²) in [7, 11) is 0. The molecular weight excluding hydrogens is 1080 g/mol. The molecule has 0 aliphatic rings. The third kappa shape index (κ3) is 110000. The van der Waals surface area contributed by atoms with Crippen LogP contribution in [0, 0.1) is 169 Å². The molecule has 54 nitrogen and oxygen atoms in total. The standard InChI is InChI=1S/5Ca.K.11NO3.10H2O/c;;;;;;11*2-1(3)4;;;;;;;;;;/h;;;;;;;;;;;;;;;;;10*1H2/q5*+2;+1;11*-1;;;;;;;;;;. The predicted octanol–water partition coefficient (Wildman–Crippen LogP) is -15.8. The zero-order valence-electron chi connectivity index (χ0n) is 27.9. The first-order valence-electron chi connectivity index (χ1n) is 6.02. The maximum absolute atomic E-state index is 8.25. The van der Waals surface area contributed by atoms with E-state index >= 15 is 0 Å². The van der Waals surface area contributed by atoms with Crippen LogP contribution >= 0.6 is 0 Å². The molecule has 0 unspecified atom stereocenters. The number of hydrogen-bond donors (Lipinski definition) is 0. The Kier molecular flexibility index (Phi) is 598. The minimum atomic E-state index is -1.75. The van der Waals surface area contributed by atoms with Gasteiger partial charge >= 0.3 is 240 Å². The van der Waals surface area contributed by atoms with E-state index in [0.717, 1.165) is 0 Å². The molecule has 0 atom stereocenters. The second-order valence-corrected chi connectivity index (χ2v) is 2.46. The van der Waals surface area contributed by atoms with Crippen molar-refractivity contribution < 1.29 is 162 Å². The molecule has 0 rings (SSSR count). The molecule has 0 aliphatic carbocycles. The van der Waals surface area contributed by atoms with Gasteiger partial charge in [-0.3, -0.25) is 0 Å². The van der Waals surface area contributed by atoms with Gasteiger partial charge in [-0.05, 0) is 0 Å². The molecule has 60 heavy (non-hydrogen) atoms. The summed E-state index contributed by atoms with van der Waals surface area (Å²) >= 11 is 0. The Balaban J connectivity index is -0.00000000778. The first-order valence-corrected chi connectivity index (χ1v) is 6.02. The molecule has 0 saturated heterocycles. The Morgan fingerprint density at radius 2 is 0.150 bits per heavy atom. The van der Waals surface area contributed by atoms with Crippen molar-refractivity contribution in [3.05, 3.63) is 169 Å². The van der Waals surface area contributed by atoms with Crippen LogP contribution in [0.15, 0.2) is 0 Å². The van der Waals surface area contributed by atoms with Crippen molar-refractivity contribution >= 4 is 189 Å². The Hall–Kier alpha value is -1.26. The summed E-state index contributed by atoms with van der Waals surface area (Å²) in [6.07, 6.45) is 0. The van der Waals surface area contributed by atoms with Crippen molar-refractivity contribution in [3.8, 4) is 0 Å². The molecule has 60 heteroatoms. The predicted molar refractivity (Wildman–Crippen MR) is 179 cm³/mol. The van der Waals surface area contributed by atoms with Crippen molar-refractivity contribution in [2.45, 2.75) is 0 Å². The molecule has 0 amide bonds. The van der Waals surface area contributed by atoms with Crippen LogP contribution in [0.1, 0.15) is 0 Å². The monoisotopic (exact) mass is 1100 g/mol. The van der Waals surface area contributed by atoms with Crippen LogP contribution in [0.4, 0.5) is 0 Å². The van der Waals surface area contributed by atoms with Crippen molar-refractivity contribution in [2.24, 2.45) is 0 Å². The van der Waals surface area contributed by atoms with E-state index in [0.29, 0.717) is 0 Å². The number of rotatable bonds is 0. The minimum Gasteiger partial charge on any atom is -0.412 e. The van der Waals surface area contributed by atoms with Gasteiger partial charge < -0.3 is 223 Å². The molecular formula is H20Ca5KN11O43. The summed E-state index contributed by atoms with van der Waals surface area (Å²) in [5.74, 6) is 0. The van der Waals surface area contributed by atoms with Gasteiger partial charge in [-0.15, -0.1) is 0 Å². The van der Waals surface area contributed by atoms with Crippen molar-refractivity contribution in [2.75, 3.05) is 0 Å². The van der Waals surface area contributed by atoms with Gasteiger partial charge in [0.25, 0.3) is 0 Å². The van der Waals surface area contributed by atoms with Crippen LogP contribution in [-0.4, -0.2) is 299 Å². The Morgan fingerprint density at radius 3 is 0.150 bits per heavy atom. The van der Waals surface area contributed by atoms with E-state index in [1.165, 1.54) is 0 Å². The second kappa shape index (κ2) is 185. The minimum absolute atomic E-state index is 0. The van der Waals surface area contributed by atoms with Gasteiger partial charge in [0.1, 0.15) is 0 Å². The maximum atomic E-state index is 8.25. The Morgan fingerprint density at radius 1 is 0.150 bits per heavy atom. The third-order valence-electron chi connectivity index (χ3n) is 0. The fourth-order valence-electron chi connectivity index (χ4n) is 0. The molecule has 0 spiro atoms.